The Kier molecular flexibility index (Phi) is 7.55. The predicted molar refractivity (Wildman–Crippen MR) is 100 cm³/mol. The minimum absolute atomic E-state index is 0.0608. The highest BCUT2D eigenvalue weighted by Crippen LogP contribution is 2.09. The van der Waals surface area contributed by atoms with Gasteiger partial charge >= 0.3 is 12.1 Å². The lowest BCUT2D eigenvalue weighted by Gasteiger charge is -2.18. The third-order valence-electron chi connectivity index (χ3n) is 3.63. The van der Waals surface area contributed by atoms with Crippen LogP contribution in [0.5, 0.6) is 0 Å². The van der Waals surface area contributed by atoms with Gasteiger partial charge in [0.15, 0.2) is 5.78 Å². The van der Waals surface area contributed by atoms with Crippen molar-refractivity contribution in [1.82, 2.24) is 5.32 Å². The first-order valence-electron chi connectivity index (χ1n) is 8.71. The molecule has 1 amide bonds. The van der Waals surface area contributed by atoms with Crippen LogP contribution >= 0.6 is 0 Å². The topological polar surface area (TPSA) is 81.7 Å². The molecule has 27 heavy (non-hydrogen) atoms. The molecule has 6 heteroatoms. The number of benzene rings is 2. The normalized spacial score (nSPS) is 11.5. The van der Waals surface area contributed by atoms with Crippen molar-refractivity contribution >= 4 is 17.8 Å². The third kappa shape index (κ3) is 6.93. The Bertz CT molecular complexity index is 759. The number of hydrogen-bond acceptors (Lipinski definition) is 5. The summed E-state index contributed by atoms with van der Waals surface area (Å²) in [5.41, 5.74) is 1.27. The number of rotatable bonds is 8. The van der Waals surface area contributed by atoms with Gasteiger partial charge in [0, 0.05) is 12.0 Å². The summed E-state index contributed by atoms with van der Waals surface area (Å²) >= 11 is 0. The molecular formula is C21H23NO5. The monoisotopic (exact) mass is 369 g/mol. The second-order valence-electron chi connectivity index (χ2n) is 6.24. The number of alkyl carbamates (subject to hydrolysis) is 1. The van der Waals surface area contributed by atoms with Gasteiger partial charge in [-0.25, -0.2) is 9.59 Å². The summed E-state index contributed by atoms with van der Waals surface area (Å²) in [6.45, 7) is 3.45. The number of Topliss-reactive ketones (excluding diaryl/α,β-unsaturated/α-hetero) is 1. The molecule has 6 nitrogen and oxygen atoms in total. The summed E-state index contributed by atoms with van der Waals surface area (Å²) in [5, 5.41) is 2.44. The Morgan fingerprint density at radius 3 is 2.11 bits per heavy atom. The Morgan fingerprint density at radius 2 is 1.52 bits per heavy atom. The van der Waals surface area contributed by atoms with Gasteiger partial charge in [0.05, 0.1) is 6.10 Å². The van der Waals surface area contributed by atoms with Gasteiger partial charge in [0.1, 0.15) is 12.6 Å². The molecule has 0 saturated heterocycles. The van der Waals surface area contributed by atoms with Crippen LogP contribution < -0.4 is 5.32 Å². The maximum atomic E-state index is 12.4. The van der Waals surface area contributed by atoms with Crippen LogP contribution in [0.1, 0.15) is 36.2 Å². The number of carbonyl (C=O) groups is 3. The van der Waals surface area contributed by atoms with Gasteiger partial charge in [-0.2, -0.15) is 0 Å². The molecule has 0 aliphatic rings. The molecule has 1 atom stereocenters. The number of carbonyl (C=O) groups excluding carboxylic acids is 3. The minimum Gasteiger partial charge on any atom is -0.461 e. The van der Waals surface area contributed by atoms with Crippen molar-refractivity contribution in [3.05, 3.63) is 71.8 Å². The van der Waals surface area contributed by atoms with E-state index >= 15 is 0 Å². The van der Waals surface area contributed by atoms with Crippen molar-refractivity contribution in [2.45, 2.75) is 39.0 Å². The molecule has 0 aliphatic carbocycles. The van der Waals surface area contributed by atoms with Crippen molar-refractivity contribution in [3.8, 4) is 0 Å². The summed E-state index contributed by atoms with van der Waals surface area (Å²) in [4.78, 5) is 36.8. The van der Waals surface area contributed by atoms with Crippen molar-refractivity contribution in [2.75, 3.05) is 0 Å². The molecule has 2 aromatic carbocycles. The third-order valence-corrected chi connectivity index (χ3v) is 3.63. The Labute approximate surface area is 158 Å². The smallest absolute Gasteiger partial charge is 0.408 e. The maximum absolute atomic E-state index is 12.4. The van der Waals surface area contributed by atoms with Crippen LogP contribution in [0.25, 0.3) is 0 Å². The zero-order valence-electron chi connectivity index (χ0n) is 15.4. The van der Waals surface area contributed by atoms with Crippen LogP contribution in [0, 0.1) is 0 Å². The fourth-order valence-corrected chi connectivity index (χ4v) is 2.34. The van der Waals surface area contributed by atoms with Crippen LogP contribution in [-0.2, 0) is 20.9 Å². The molecule has 0 bridgehead atoms. The van der Waals surface area contributed by atoms with Crippen LogP contribution in [0.15, 0.2) is 60.7 Å². The molecule has 0 saturated carbocycles. The molecule has 0 unspecified atom stereocenters. The molecule has 2 rings (SSSR count). The Morgan fingerprint density at radius 1 is 0.926 bits per heavy atom. The van der Waals surface area contributed by atoms with Gasteiger partial charge in [-0.1, -0.05) is 60.7 Å². The van der Waals surface area contributed by atoms with Crippen LogP contribution in [-0.4, -0.2) is 30.0 Å². The lowest BCUT2D eigenvalue weighted by molar-refractivity contribution is -0.149. The van der Waals surface area contributed by atoms with E-state index in [0.29, 0.717) is 5.56 Å². The van der Waals surface area contributed by atoms with Crippen molar-refractivity contribution < 1.29 is 23.9 Å². The first-order valence-corrected chi connectivity index (χ1v) is 8.71. The van der Waals surface area contributed by atoms with Crippen molar-refractivity contribution in [2.24, 2.45) is 0 Å². The van der Waals surface area contributed by atoms with Crippen LogP contribution in [0.3, 0.4) is 0 Å². The molecule has 0 radical (unpaired) electrons. The van der Waals surface area contributed by atoms with Gasteiger partial charge in [0.25, 0.3) is 0 Å². The first kappa shape index (κ1) is 20.2. The van der Waals surface area contributed by atoms with Crippen LogP contribution in [0.2, 0.25) is 0 Å². The molecule has 2 aromatic rings. The second-order valence-corrected chi connectivity index (χ2v) is 6.24. The number of esters is 1. The summed E-state index contributed by atoms with van der Waals surface area (Å²) < 4.78 is 10.3. The lowest BCUT2D eigenvalue weighted by Crippen LogP contribution is -2.44. The molecule has 0 aromatic heterocycles. The second kappa shape index (κ2) is 10.1. The highest BCUT2D eigenvalue weighted by Gasteiger charge is 2.27. The first-order chi connectivity index (χ1) is 13.0. The SMILES string of the molecule is CC(C)OC(=O)[C@@H](CC(=O)c1ccccc1)NC(=O)OCc1ccccc1. The number of ether oxygens (including phenoxy) is 2. The van der Waals surface area contributed by atoms with E-state index in [0.717, 1.165) is 5.56 Å². The summed E-state index contributed by atoms with van der Waals surface area (Å²) in [6, 6.07) is 16.6. The van der Waals surface area contributed by atoms with E-state index in [-0.39, 0.29) is 24.9 Å². The van der Waals surface area contributed by atoms with Gasteiger partial charge in [-0.15, -0.1) is 0 Å². The summed E-state index contributed by atoms with van der Waals surface area (Å²) in [6.07, 6.45) is -1.37. The largest absolute Gasteiger partial charge is 0.461 e. The molecule has 0 spiro atoms. The fraction of sp³-hybridized carbons (Fsp3) is 0.286. The maximum Gasteiger partial charge on any atom is 0.408 e. The zero-order valence-corrected chi connectivity index (χ0v) is 15.4. The molecule has 0 aliphatic heterocycles. The number of hydrogen-bond donors (Lipinski definition) is 1. The summed E-state index contributed by atoms with van der Waals surface area (Å²) in [7, 11) is 0. The van der Waals surface area contributed by atoms with Gasteiger partial charge in [-0.05, 0) is 19.4 Å². The number of ketones is 1. The number of nitrogens with one attached hydrogen (secondary N) is 1. The van der Waals surface area contributed by atoms with E-state index in [4.69, 9.17) is 9.47 Å². The fourth-order valence-electron chi connectivity index (χ4n) is 2.34. The highest BCUT2D eigenvalue weighted by atomic mass is 16.6. The van der Waals surface area contributed by atoms with Gasteiger partial charge in [0.2, 0.25) is 0 Å². The van der Waals surface area contributed by atoms with Gasteiger partial charge in [-0.3, -0.25) is 4.79 Å². The molecule has 0 fully saturated rings. The number of amides is 1. The summed E-state index contributed by atoms with van der Waals surface area (Å²) in [5.74, 6) is -0.949. The Balaban J connectivity index is 1.99. The predicted octanol–water partition coefficient (Wildman–Crippen LogP) is 3.51. The van der Waals surface area contributed by atoms with E-state index < -0.39 is 18.1 Å². The van der Waals surface area contributed by atoms with E-state index in [1.807, 2.05) is 30.3 Å². The standard InChI is InChI=1S/C21H23NO5/c1-15(2)27-20(24)18(13-19(23)17-11-7-4-8-12-17)22-21(25)26-14-16-9-5-3-6-10-16/h3-12,15,18H,13-14H2,1-2H3,(H,22,25)/t18-/m1/s1. The molecule has 0 heterocycles. The highest BCUT2D eigenvalue weighted by molar-refractivity contribution is 5.99. The Hall–Kier alpha value is -3.15. The van der Waals surface area contributed by atoms with E-state index in [1.54, 1.807) is 44.2 Å². The zero-order chi connectivity index (χ0) is 19.6. The van der Waals surface area contributed by atoms with Gasteiger partial charge < -0.3 is 14.8 Å². The van der Waals surface area contributed by atoms with Crippen LogP contribution in [0.4, 0.5) is 4.79 Å². The average molecular weight is 369 g/mol. The minimum atomic E-state index is -1.12. The van der Waals surface area contributed by atoms with E-state index in [9.17, 15) is 14.4 Å². The molecule has 1 N–H and O–H groups in total. The van der Waals surface area contributed by atoms with Crippen molar-refractivity contribution in [1.29, 1.82) is 0 Å². The van der Waals surface area contributed by atoms with E-state index in [2.05, 4.69) is 5.32 Å². The van der Waals surface area contributed by atoms with Crippen molar-refractivity contribution in [3.63, 3.8) is 0 Å². The molecular weight excluding hydrogens is 346 g/mol. The lowest BCUT2D eigenvalue weighted by atomic mass is 10.0. The molecule has 142 valence electrons. The van der Waals surface area contributed by atoms with E-state index in [1.165, 1.54) is 0 Å². The average Bonchev–Trinajstić information content (AvgIpc) is 2.66. The quantitative estimate of drug-likeness (QED) is 0.569.